The third-order valence-corrected chi connectivity index (χ3v) is 4.90. The Kier molecular flexibility index (Phi) is 11.2. The van der Waals surface area contributed by atoms with Crippen molar-refractivity contribution in [2.24, 2.45) is 4.99 Å². The van der Waals surface area contributed by atoms with E-state index in [1.165, 1.54) is 30.5 Å². The number of ether oxygens (including phenoxy) is 1. The van der Waals surface area contributed by atoms with Crippen LogP contribution in [0.1, 0.15) is 30.9 Å². The molecule has 0 aromatic heterocycles. The van der Waals surface area contributed by atoms with Crippen molar-refractivity contribution in [1.82, 2.24) is 15.1 Å². The summed E-state index contributed by atoms with van der Waals surface area (Å²) in [6.07, 6.45) is 2.49. The number of methoxy groups -OCH3 is 1. The largest absolute Gasteiger partial charge is 0.383 e. The minimum Gasteiger partial charge on any atom is -0.383 e. The first-order valence-corrected chi connectivity index (χ1v) is 9.42. The van der Waals surface area contributed by atoms with E-state index in [-0.39, 0.29) is 24.0 Å². The van der Waals surface area contributed by atoms with Gasteiger partial charge in [0.15, 0.2) is 5.96 Å². The number of aliphatic imine (C=N–C) groups is 1. The molecular formula is C20H35IN4O. The molecule has 148 valence electrons. The number of hydrogen-bond donors (Lipinski definition) is 1. The molecule has 1 N–H and O–H groups in total. The van der Waals surface area contributed by atoms with Gasteiger partial charge in [0.05, 0.1) is 13.2 Å². The molecule has 5 nitrogen and oxygen atoms in total. The van der Waals surface area contributed by atoms with Crippen molar-refractivity contribution in [3.8, 4) is 0 Å². The van der Waals surface area contributed by atoms with E-state index in [9.17, 15) is 0 Å². The highest BCUT2D eigenvalue weighted by Gasteiger charge is 2.24. The van der Waals surface area contributed by atoms with Gasteiger partial charge >= 0.3 is 0 Å². The van der Waals surface area contributed by atoms with E-state index in [2.05, 4.69) is 60.3 Å². The smallest absolute Gasteiger partial charge is 0.194 e. The lowest BCUT2D eigenvalue weighted by atomic mass is 10.1. The van der Waals surface area contributed by atoms with Gasteiger partial charge in [0, 0.05) is 39.8 Å². The van der Waals surface area contributed by atoms with E-state index >= 15 is 0 Å². The molecule has 1 unspecified atom stereocenters. The monoisotopic (exact) mass is 474 g/mol. The summed E-state index contributed by atoms with van der Waals surface area (Å²) in [4.78, 5) is 9.66. The third-order valence-electron chi connectivity index (χ3n) is 4.90. The molecule has 6 heteroatoms. The molecule has 0 saturated carbocycles. The van der Waals surface area contributed by atoms with Crippen molar-refractivity contribution in [3.63, 3.8) is 0 Å². The fourth-order valence-electron chi connectivity index (χ4n) is 3.38. The van der Waals surface area contributed by atoms with E-state index in [1.807, 2.05) is 0 Å². The topological polar surface area (TPSA) is 40.1 Å². The first kappa shape index (κ1) is 23.2. The highest BCUT2D eigenvalue weighted by molar-refractivity contribution is 14.0. The van der Waals surface area contributed by atoms with Crippen LogP contribution in [0.5, 0.6) is 0 Å². The van der Waals surface area contributed by atoms with Crippen molar-refractivity contribution < 1.29 is 4.74 Å². The minimum absolute atomic E-state index is 0. The number of guanidine groups is 1. The highest BCUT2D eigenvalue weighted by atomic mass is 127. The number of rotatable bonds is 8. The number of hydrogen-bond acceptors (Lipinski definition) is 3. The standard InChI is InChI=1S/C20H34N4O.HI/c1-5-21-20(23(3)16-18-10-7-6-9-17(18)2)22-15-19-11-8-12-24(19)13-14-25-4;/h6-7,9-10,19H,5,8,11-16H2,1-4H3,(H,21,22);1H. The molecule has 1 aliphatic heterocycles. The van der Waals surface area contributed by atoms with Crippen molar-refractivity contribution in [2.45, 2.75) is 39.3 Å². The zero-order valence-electron chi connectivity index (χ0n) is 16.7. The minimum atomic E-state index is 0. The number of benzene rings is 1. The Hall–Kier alpha value is -0.860. The Morgan fingerprint density at radius 1 is 1.38 bits per heavy atom. The predicted molar refractivity (Wildman–Crippen MR) is 121 cm³/mol. The summed E-state index contributed by atoms with van der Waals surface area (Å²) in [5.74, 6) is 0.990. The van der Waals surface area contributed by atoms with Gasteiger partial charge in [-0.05, 0) is 44.4 Å². The van der Waals surface area contributed by atoms with Crippen LogP contribution in [0.2, 0.25) is 0 Å². The summed E-state index contributed by atoms with van der Waals surface area (Å²) in [6.45, 7) is 9.87. The van der Waals surface area contributed by atoms with Crippen molar-refractivity contribution in [3.05, 3.63) is 35.4 Å². The Morgan fingerprint density at radius 2 is 2.15 bits per heavy atom. The zero-order chi connectivity index (χ0) is 18.1. The molecule has 0 spiro atoms. The summed E-state index contributed by atoms with van der Waals surface area (Å²) in [7, 11) is 3.89. The third kappa shape index (κ3) is 7.04. The van der Waals surface area contributed by atoms with Crippen LogP contribution in [-0.4, -0.2) is 68.7 Å². The Morgan fingerprint density at radius 3 is 2.85 bits per heavy atom. The van der Waals surface area contributed by atoms with Crippen LogP contribution in [0.3, 0.4) is 0 Å². The number of halogens is 1. The summed E-state index contributed by atoms with van der Waals surface area (Å²) in [5.41, 5.74) is 2.67. The maximum atomic E-state index is 5.23. The molecule has 0 amide bonds. The van der Waals surface area contributed by atoms with Gasteiger partial charge in [-0.3, -0.25) is 9.89 Å². The van der Waals surface area contributed by atoms with Gasteiger partial charge in [-0.15, -0.1) is 24.0 Å². The van der Waals surface area contributed by atoms with Gasteiger partial charge in [0.1, 0.15) is 0 Å². The Labute approximate surface area is 176 Å². The van der Waals surface area contributed by atoms with Crippen LogP contribution in [0.4, 0.5) is 0 Å². The lowest BCUT2D eigenvalue weighted by Gasteiger charge is -2.26. The van der Waals surface area contributed by atoms with E-state index in [1.54, 1.807) is 7.11 Å². The normalized spacial score (nSPS) is 17.8. The second-order valence-electron chi connectivity index (χ2n) is 6.80. The molecule has 0 radical (unpaired) electrons. The number of likely N-dealkylation sites (tertiary alicyclic amines) is 1. The lowest BCUT2D eigenvalue weighted by Crippen LogP contribution is -2.40. The van der Waals surface area contributed by atoms with Crippen LogP contribution in [0, 0.1) is 6.92 Å². The maximum Gasteiger partial charge on any atom is 0.194 e. The fraction of sp³-hybridized carbons (Fsp3) is 0.650. The number of nitrogens with zero attached hydrogens (tertiary/aromatic N) is 3. The Balaban J connectivity index is 0.00000338. The molecule has 1 fully saturated rings. The van der Waals surface area contributed by atoms with Gasteiger partial charge in [-0.1, -0.05) is 24.3 Å². The average Bonchev–Trinajstić information content (AvgIpc) is 3.06. The van der Waals surface area contributed by atoms with Crippen LogP contribution in [0.15, 0.2) is 29.3 Å². The van der Waals surface area contributed by atoms with E-state index in [4.69, 9.17) is 9.73 Å². The molecule has 0 bridgehead atoms. The van der Waals surface area contributed by atoms with Gasteiger partial charge < -0.3 is 15.0 Å². The number of aryl methyl sites for hydroxylation is 1. The molecule has 1 aromatic rings. The van der Waals surface area contributed by atoms with Crippen molar-refractivity contribution in [1.29, 1.82) is 0 Å². The molecule has 0 aliphatic carbocycles. The lowest BCUT2D eigenvalue weighted by molar-refractivity contribution is 0.142. The Bertz CT molecular complexity index is 552. The fourth-order valence-corrected chi connectivity index (χ4v) is 3.38. The van der Waals surface area contributed by atoms with Crippen molar-refractivity contribution in [2.75, 3.05) is 46.9 Å². The molecular weight excluding hydrogens is 439 g/mol. The molecule has 1 aromatic carbocycles. The molecule has 26 heavy (non-hydrogen) atoms. The van der Waals surface area contributed by atoms with Gasteiger partial charge in [0.25, 0.3) is 0 Å². The molecule has 1 aliphatic rings. The molecule has 2 rings (SSSR count). The number of nitrogens with one attached hydrogen (secondary N) is 1. The molecule has 1 saturated heterocycles. The highest BCUT2D eigenvalue weighted by Crippen LogP contribution is 2.17. The first-order valence-electron chi connectivity index (χ1n) is 9.42. The van der Waals surface area contributed by atoms with Gasteiger partial charge in [-0.2, -0.15) is 0 Å². The van der Waals surface area contributed by atoms with Crippen LogP contribution in [-0.2, 0) is 11.3 Å². The first-order chi connectivity index (χ1) is 12.2. The summed E-state index contributed by atoms with van der Waals surface area (Å²) in [6, 6.07) is 9.09. The average molecular weight is 474 g/mol. The second-order valence-corrected chi connectivity index (χ2v) is 6.80. The quantitative estimate of drug-likeness (QED) is 0.357. The van der Waals surface area contributed by atoms with Crippen LogP contribution >= 0.6 is 24.0 Å². The van der Waals surface area contributed by atoms with Gasteiger partial charge in [-0.25, -0.2) is 0 Å². The maximum absolute atomic E-state index is 5.23. The summed E-state index contributed by atoms with van der Waals surface area (Å²) >= 11 is 0. The van der Waals surface area contributed by atoms with E-state index < -0.39 is 0 Å². The van der Waals surface area contributed by atoms with Crippen LogP contribution in [0.25, 0.3) is 0 Å². The van der Waals surface area contributed by atoms with E-state index in [0.717, 1.165) is 38.7 Å². The van der Waals surface area contributed by atoms with E-state index in [0.29, 0.717) is 6.04 Å². The predicted octanol–water partition coefficient (Wildman–Crippen LogP) is 3.12. The molecule has 1 heterocycles. The summed E-state index contributed by atoms with van der Waals surface area (Å²) in [5, 5.41) is 3.44. The zero-order valence-corrected chi connectivity index (χ0v) is 19.0. The van der Waals surface area contributed by atoms with Crippen LogP contribution < -0.4 is 5.32 Å². The van der Waals surface area contributed by atoms with Crippen molar-refractivity contribution >= 4 is 29.9 Å². The van der Waals surface area contributed by atoms with Gasteiger partial charge in [0.2, 0.25) is 0 Å². The second kappa shape index (κ2) is 12.5. The summed E-state index contributed by atoms with van der Waals surface area (Å²) < 4.78 is 5.23. The SMILES string of the molecule is CCNC(=NCC1CCCN1CCOC)N(C)Cc1ccccc1C.I. The molecule has 1 atom stereocenters.